The van der Waals surface area contributed by atoms with E-state index >= 15 is 0 Å². The molecule has 1 nitrogen and oxygen atoms in total. The summed E-state index contributed by atoms with van der Waals surface area (Å²) in [6.45, 7) is 10.3. The van der Waals surface area contributed by atoms with Crippen molar-refractivity contribution in [1.29, 1.82) is 0 Å². The van der Waals surface area contributed by atoms with Gasteiger partial charge in [-0.1, -0.05) is 34.1 Å². The molecule has 0 saturated heterocycles. The first kappa shape index (κ1) is 9.96. The summed E-state index contributed by atoms with van der Waals surface area (Å²) in [6, 6.07) is 0. The maximum Gasteiger partial charge on any atom is -0.00211 e. The monoisotopic (exact) mass is 143 g/mol. The Hall–Kier alpha value is -0.0400. The predicted octanol–water partition coefficient (Wildman–Crippen LogP) is 2.28. The van der Waals surface area contributed by atoms with E-state index in [0.717, 1.165) is 12.5 Å². The first-order valence-electron chi connectivity index (χ1n) is 4.19. The lowest BCUT2D eigenvalue weighted by Gasteiger charge is -2.30. The normalized spacial score (nSPS) is 15.3. The molecule has 0 aromatic heterocycles. The van der Waals surface area contributed by atoms with Crippen molar-refractivity contribution >= 4 is 0 Å². The summed E-state index contributed by atoms with van der Waals surface area (Å²) >= 11 is 0. The van der Waals surface area contributed by atoms with Crippen molar-refractivity contribution in [2.24, 2.45) is 11.3 Å². The Morgan fingerprint density at radius 1 is 1.40 bits per heavy atom. The number of rotatable bonds is 4. The Kier molecular flexibility index (Phi) is 3.95. The minimum atomic E-state index is 0.489. The zero-order valence-corrected chi connectivity index (χ0v) is 7.99. The molecule has 0 spiro atoms. The third-order valence-corrected chi connectivity index (χ3v) is 2.76. The van der Waals surface area contributed by atoms with Crippen LogP contribution in [0.2, 0.25) is 0 Å². The predicted molar refractivity (Wildman–Crippen MR) is 47.2 cm³/mol. The second-order valence-corrected chi connectivity index (χ2v) is 3.80. The van der Waals surface area contributed by atoms with Gasteiger partial charge in [0, 0.05) is 0 Å². The van der Waals surface area contributed by atoms with Crippen molar-refractivity contribution in [2.45, 2.75) is 34.1 Å². The molecule has 1 N–H and O–H groups in total. The highest BCUT2D eigenvalue weighted by Crippen LogP contribution is 2.29. The molecule has 10 heavy (non-hydrogen) atoms. The smallest absolute Gasteiger partial charge is 0.00211 e. The van der Waals surface area contributed by atoms with Crippen LogP contribution in [0.4, 0.5) is 0 Å². The third-order valence-electron chi connectivity index (χ3n) is 2.76. The van der Waals surface area contributed by atoms with E-state index in [1.807, 2.05) is 7.05 Å². The zero-order valence-electron chi connectivity index (χ0n) is 7.99. The molecule has 0 aliphatic rings. The van der Waals surface area contributed by atoms with Crippen molar-refractivity contribution in [3.05, 3.63) is 0 Å². The van der Waals surface area contributed by atoms with Gasteiger partial charge in [-0.2, -0.15) is 0 Å². The Morgan fingerprint density at radius 2 is 1.90 bits per heavy atom. The van der Waals surface area contributed by atoms with E-state index < -0.39 is 0 Å². The molecule has 0 aromatic carbocycles. The van der Waals surface area contributed by atoms with E-state index in [1.165, 1.54) is 6.42 Å². The molecule has 0 rings (SSSR count). The molecule has 0 aliphatic heterocycles. The number of hydrogen-bond acceptors (Lipinski definition) is 1. The Balaban J connectivity index is 3.78. The highest BCUT2D eigenvalue weighted by Gasteiger charge is 2.22. The summed E-state index contributed by atoms with van der Waals surface area (Å²) in [6.07, 6.45) is 1.26. The molecule has 0 heterocycles. The first-order chi connectivity index (χ1) is 4.54. The van der Waals surface area contributed by atoms with Gasteiger partial charge in [-0.25, -0.2) is 0 Å². The van der Waals surface area contributed by atoms with Gasteiger partial charge in [0.05, 0.1) is 0 Å². The minimum Gasteiger partial charge on any atom is -0.319 e. The van der Waals surface area contributed by atoms with Crippen molar-refractivity contribution in [3.8, 4) is 0 Å². The highest BCUT2D eigenvalue weighted by molar-refractivity contribution is 4.74. The Morgan fingerprint density at radius 3 is 2.20 bits per heavy atom. The van der Waals surface area contributed by atoms with Crippen LogP contribution in [-0.2, 0) is 0 Å². The van der Waals surface area contributed by atoms with Crippen LogP contribution in [0.15, 0.2) is 0 Å². The van der Waals surface area contributed by atoms with Crippen molar-refractivity contribution in [2.75, 3.05) is 13.6 Å². The van der Waals surface area contributed by atoms with E-state index in [0.29, 0.717) is 5.41 Å². The van der Waals surface area contributed by atoms with Crippen LogP contribution in [0, 0.1) is 11.3 Å². The van der Waals surface area contributed by atoms with Crippen LogP contribution in [0.25, 0.3) is 0 Å². The lowest BCUT2D eigenvalue weighted by Crippen LogP contribution is -2.29. The molecular formula is C9H21N. The van der Waals surface area contributed by atoms with E-state index in [1.54, 1.807) is 0 Å². The van der Waals surface area contributed by atoms with Crippen molar-refractivity contribution in [3.63, 3.8) is 0 Å². The van der Waals surface area contributed by atoms with Crippen LogP contribution in [-0.4, -0.2) is 13.6 Å². The number of hydrogen-bond donors (Lipinski definition) is 1. The maximum absolute atomic E-state index is 3.21. The zero-order chi connectivity index (χ0) is 8.20. The standard InChI is InChI=1S/C9H21N/c1-6-9(3,4)8(2)7-10-5/h8,10H,6-7H2,1-5H3. The van der Waals surface area contributed by atoms with Gasteiger partial charge in [-0.3, -0.25) is 0 Å². The van der Waals surface area contributed by atoms with Gasteiger partial charge >= 0.3 is 0 Å². The van der Waals surface area contributed by atoms with Gasteiger partial charge in [0.25, 0.3) is 0 Å². The second-order valence-electron chi connectivity index (χ2n) is 3.80. The van der Waals surface area contributed by atoms with E-state index in [-0.39, 0.29) is 0 Å². The lowest BCUT2D eigenvalue weighted by atomic mass is 9.78. The van der Waals surface area contributed by atoms with Crippen molar-refractivity contribution < 1.29 is 0 Å². The fraction of sp³-hybridized carbons (Fsp3) is 1.00. The van der Waals surface area contributed by atoms with Crippen LogP contribution in [0.3, 0.4) is 0 Å². The summed E-state index contributed by atoms with van der Waals surface area (Å²) < 4.78 is 0. The van der Waals surface area contributed by atoms with Crippen LogP contribution in [0.1, 0.15) is 34.1 Å². The molecule has 0 amide bonds. The molecule has 62 valence electrons. The van der Waals surface area contributed by atoms with Crippen LogP contribution >= 0.6 is 0 Å². The maximum atomic E-state index is 3.21. The molecule has 0 aliphatic carbocycles. The largest absolute Gasteiger partial charge is 0.319 e. The molecule has 0 aromatic rings. The van der Waals surface area contributed by atoms with Crippen LogP contribution < -0.4 is 5.32 Å². The van der Waals surface area contributed by atoms with Crippen LogP contribution in [0.5, 0.6) is 0 Å². The first-order valence-corrected chi connectivity index (χ1v) is 4.19. The molecule has 1 heteroatoms. The van der Waals surface area contributed by atoms with Gasteiger partial charge < -0.3 is 5.32 Å². The second kappa shape index (κ2) is 3.97. The third kappa shape index (κ3) is 2.70. The van der Waals surface area contributed by atoms with Crippen molar-refractivity contribution in [1.82, 2.24) is 5.32 Å². The van der Waals surface area contributed by atoms with Gasteiger partial charge in [-0.05, 0) is 24.9 Å². The molecule has 0 fully saturated rings. The van der Waals surface area contributed by atoms with E-state index in [4.69, 9.17) is 0 Å². The average Bonchev–Trinajstić information content (AvgIpc) is 1.89. The Bertz CT molecular complexity index is 86.7. The summed E-state index contributed by atoms with van der Waals surface area (Å²) in [7, 11) is 2.02. The molecule has 1 unspecified atom stereocenters. The molecule has 0 radical (unpaired) electrons. The topological polar surface area (TPSA) is 12.0 Å². The Labute approximate surface area is 65.2 Å². The molecule has 1 atom stereocenters. The van der Waals surface area contributed by atoms with Gasteiger partial charge in [-0.15, -0.1) is 0 Å². The van der Waals surface area contributed by atoms with Gasteiger partial charge in [0.15, 0.2) is 0 Å². The highest BCUT2D eigenvalue weighted by atomic mass is 14.8. The summed E-state index contributed by atoms with van der Waals surface area (Å²) in [5.74, 6) is 0.766. The van der Waals surface area contributed by atoms with Gasteiger partial charge in [0.1, 0.15) is 0 Å². The van der Waals surface area contributed by atoms with Gasteiger partial charge in [0.2, 0.25) is 0 Å². The van der Waals surface area contributed by atoms with E-state index in [2.05, 4.69) is 33.0 Å². The minimum absolute atomic E-state index is 0.489. The molecule has 0 bridgehead atoms. The quantitative estimate of drug-likeness (QED) is 0.636. The lowest BCUT2D eigenvalue weighted by molar-refractivity contribution is 0.219. The SMILES string of the molecule is CCC(C)(C)C(C)CNC. The van der Waals surface area contributed by atoms with E-state index in [9.17, 15) is 0 Å². The summed E-state index contributed by atoms with van der Waals surface area (Å²) in [5.41, 5.74) is 0.489. The molecule has 0 saturated carbocycles. The summed E-state index contributed by atoms with van der Waals surface area (Å²) in [5, 5.41) is 3.21. The number of nitrogens with one attached hydrogen (secondary N) is 1. The summed E-state index contributed by atoms with van der Waals surface area (Å²) in [4.78, 5) is 0. The molecular weight excluding hydrogens is 122 g/mol. The fourth-order valence-corrected chi connectivity index (χ4v) is 0.931. The fourth-order valence-electron chi connectivity index (χ4n) is 0.931. The average molecular weight is 143 g/mol.